The van der Waals surface area contributed by atoms with Gasteiger partial charge in [-0.05, 0) is 44.9 Å². The highest BCUT2D eigenvalue weighted by atomic mass is 16.6. The van der Waals surface area contributed by atoms with Gasteiger partial charge in [0, 0.05) is 29.9 Å². The summed E-state index contributed by atoms with van der Waals surface area (Å²) in [6.45, 7) is 4.73. The van der Waals surface area contributed by atoms with Crippen molar-refractivity contribution in [1.29, 1.82) is 0 Å². The molecule has 0 bridgehead atoms. The van der Waals surface area contributed by atoms with Crippen molar-refractivity contribution in [2.24, 2.45) is 0 Å². The van der Waals surface area contributed by atoms with Crippen LogP contribution < -0.4 is 11.1 Å². The predicted octanol–water partition coefficient (Wildman–Crippen LogP) is 3.34. The number of nitrogens with one attached hydrogen (secondary N) is 1. The molecule has 158 valence electrons. The fourth-order valence-electron chi connectivity index (χ4n) is 3.49. The van der Waals surface area contributed by atoms with E-state index in [0.29, 0.717) is 30.3 Å². The van der Waals surface area contributed by atoms with E-state index >= 15 is 0 Å². The third kappa shape index (κ3) is 4.42. The summed E-state index contributed by atoms with van der Waals surface area (Å²) >= 11 is 0. The van der Waals surface area contributed by atoms with Crippen LogP contribution in [0.5, 0.6) is 0 Å². The van der Waals surface area contributed by atoms with Gasteiger partial charge in [0.1, 0.15) is 6.33 Å². The molecule has 3 N–H and O–H groups in total. The second-order valence-electron chi connectivity index (χ2n) is 7.37. The van der Waals surface area contributed by atoms with E-state index in [1.54, 1.807) is 10.6 Å². The topological polar surface area (TPSA) is 137 Å². The Kier molecular flexibility index (Phi) is 5.44. The van der Waals surface area contributed by atoms with Crippen molar-refractivity contribution in [2.75, 3.05) is 17.6 Å². The molecular formula is C21H22N8O2. The normalized spacial score (nSPS) is 11.0. The van der Waals surface area contributed by atoms with Gasteiger partial charge in [0.05, 0.1) is 10.6 Å². The molecule has 1 aromatic carbocycles. The van der Waals surface area contributed by atoms with Crippen LogP contribution in [0.1, 0.15) is 23.2 Å². The van der Waals surface area contributed by atoms with Crippen LogP contribution in [-0.4, -0.2) is 36.0 Å². The molecule has 0 aliphatic heterocycles. The second-order valence-corrected chi connectivity index (χ2v) is 7.37. The molecular weight excluding hydrogens is 396 g/mol. The standard InChI is InChI=1S/C21H22N8O2/c1-13-8-14(2)10-15(9-13)17-11-19-24-12-25-28(19)21(27-17)23-7-3-4-16-5-6-18(29(30)31)20(22)26-16/h5-6,8-12H,3-4,7H2,1-2H3,(H2,22,26)(H,23,27). The molecule has 0 saturated carbocycles. The maximum atomic E-state index is 10.9. The predicted molar refractivity (Wildman–Crippen MR) is 118 cm³/mol. The highest BCUT2D eigenvalue weighted by Gasteiger charge is 2.13. The van der Waals surface area contributed by atoms with Crippen LogP contribution in [0.4, 0.5) is 17.5 Å². The van der Waals surface area contributed by atoms with Crippen LogP contribution in [0.15, 0.2) is 42.7 Å². The first-order chi connectivity index (χ1) is 14.9. The van der Waals surface area contributed by atoms with Gasteiger partial charge in [0.15, 0.2) is 5.65 Å². The molecule has 0 fully saturated rings. The Hall–Kier alpha value is -4.08. The number of nitrogens with two attached hydrogens (primary N) is 1. The van der Waals surface area contributed by atoms with Crippen molar-refractivity contribution in [3.63, 3.8) is 0 Å². The quantitative estimate of drug-likeness (QED) is 0.265. The third-order valence-electron chi connectivity index (χ3n) is 4.83. The summed E-state index contributed by atoms with van der Waals surface area (Å²) in [6.07, 6.45) is 2.85. The first-order valence-corrected chi connectivity index (χ1v) is 9.84. The number of pyridine rings is 1. The van der Waals surface area contributed by atoms with E-state index < -0.39 is 4.92 Å². The smallest absolute Gasteiger partial charge is 0.311 e. The van der Waals surface area contributed by atoms with Crippen molar-refractivity contribution in [3.05, 3.63) is 69.7 Å². The molecule has 0 atom stereocenters. The summed E-state index contributed by atoms with van der Waals surface area (Å²) in [6, 6.07) is 11.2. The Morgan fingerprint density at radius 1 is 1.13 bits per heavy atom. The molecule has 0 aliphatic rings. The molecule has 0 amide bonds. The molecule has 10 heteroatoms. The highest BCUT2D eigenvalue weighted by molar-refractivity contribution is 5.67. The maximum Gasteiger partial charge on any atom is 0.311 e. The minimum Gasteiger partial charge on any atom is -0.378 e. The maximum absolute atomic E-state index is 10.9. The van der Waals surface area contributed by atoms with Gasteiger partial charge in [-0.15, -0.1) is 0 Å². The fraction of sp³-hybridized carbons (Fsp3) is 0.238. The first-order valence-electron chi connectivity index (χ1n) is 9.84. The van der Waals surface area contributed by atoms with Crippen molar-refractivity contribution >= 4 is 23.1 Å². The van der Waals surface area contributed by atoms with Crippen molar-refractivity contribution in [3.8, 4) is 11.3 Å². The average Bonchev–Trinajstić information content (AvgIpc) is 3.19. The zero-order chi connectivity index (χ0) is 22.0. The Morgan fingerprint density at radius 2 is 1.90 bits per heavy atom. The SMILES string of the molecule is Cc1cc(C)cc(-c2cc3ncnn3c(NCCCc3ccc([N+](=O)[O-])c(N)n3)n2)c1. The molecule has 0 unspecified atom stereocenters. The third-order valence-corrected chi connectivity index (χ3v) is 4.83. The highest BCUT2D eigenvalue weighted by Crippen LogP contribution is 2.23. The van der Waals surface area contributed by atoms with E-state index in [9.17, 15) is 10.1 Å². The number of hydrogen-bond donors (Lipinski definition) is 2. The Balaban J connectivity index is 1.49. The molecule has 0 aliphatic carbocycles. The molecule has 4 aromatic rings. The van der Waals surface area contributed by atoms with Gasteiger partial charge in [-0.3, -0.25) is 10.1 Å². The van der Waals surface area contributed by atoms with Crippen molar-refractivity contribution in [1.82, 2.24) is 24.6 Å². The molecule has 4 rings (SSSR count). The van der Waals surface area contributed by atoms with Crippen LogP contribution in [0, 0.1) is 24.0 Å². The number of fused-ring (bicyclic) bond motifs is 1. The largest absolute Gasteiger partial charge is 0.378 e. The van der Waals surface area contributed by atoms with E-state index in [1.807, 2.05) is 6.07 Å². The number of hydrogen-bond acceptors (Lipinski definition) is 8. The van der Waals surface area contributed by atoms with Gasteiger partial charge in [0.25, 0.3) is 0 Å². The van der Waals surface area contributed by atoms with Crippen LogP contribution in [0.25, 0.3) is 16.9 Å². The number of nitro groups is 1. The van der Waals surface area contributed by atoms with Gasteiger partial charge in [-0.25, -0.2) is 15.0 Å². The summed E-state index contributed by atoms with van der Waals surface area (Å²) in [5.41, 5.74) is 11.1. The number of aryl methyl sites for hydroxylation is 3. The Bertz CT molecular complexity index is 1250. The van der Waals surface area contributed by atoms with Crippen molar-refractivity contribution in [2.45, 2.75) is 26.7 Å². The van der Waals surface area contributed by atoms with E-state index in [0.717, 1.165) is 17.7 Å². The van der Waals surface area contributed by atoms with Gasteiger partial charge >= 0.3 is 5.69 Å². The van der Waals surface area contributed by atoms with Crippen LogP contribution in [-0.2, 0) is 6.42 Å². The zero-order valence-corrected chi connectivity index (χ0v) is 17.2. The lowest BCUT2D eigenvalue weighted by atomic mass is 10.0. The van der Waals surface area contributed by atoms with E-state index in [1.165, 1.54) is 23.5 Å². The molecule has 3 heterocycles. The second kappa shape index (κ2) is 8.34. The fourth-order valence-corrected chi connectivity index (χ4v) is 3.49. The van der Waals surface area contributed by atoms with Gasteiger partial charge < -0.3 is 11.1 Å². The molecule has 3 aromatic heterocycles. The van der Waals surface area contributed by atoms with Gasteiger partial charge in [-0.1, -0.05) is 17.2 Å². The van der Waals surface area contributed by atoms with Crippen molar-refractivity contribution < 1.29 is 4.92 Å². The number of rotatable bonds is 7. The first kappa shape index (κ1) is 20.2. The number of aromatic nitrogens is 5. The van der Waals surface area contributed by atoms with Crippen LogP contribution in [0.3, 0.4) is 0 Å². The number of nitrogen functional groups attached to an aromatic ring is 1. The van der Waals surface area contributed by atoms with Gasteiger partial charge in [0.2, 0.25) is 11.8 Å². The number of benzene rings is 1. The molecule has 0 saturated heterocycles. The average molecular weight is 418 g/mol. The summed E-state index contributed by atoms with van der Waals surface area (Å²) in [5.74, 6) is 0.530. The van der Waals surface area contributed by atoms with Crippen LogP contribution >= 0.6 is 0 Å². The lowest BCUT2D eigenvalue weighted by molar-refractivity contribution is -0.384. The Labute approximate surface area is 178 Å². The minimum absolute atomic E-state index is 0.0670. The Morgan fingerprint density at radius 3 is 2.61 bits per heavy atom. The monoisotopic (exact) mass is 418 g/mol. The van der Waals surface area contributed by atoms with Gasteiger partial charge in [-0.2, -0.15) is 9.61 Å². The zero-order valence-electron chi connectivity index (χ0n) is 17.2. The summed E-state index contributed by atoms with van der Waals surface area (Å²) in [5, 5.41) is 18.4. The van der Waals surface area contributed by atoms with E-state index in [2.05, 4.69) is 52.4 Å². The van der Waals surface area contributed by atoms with E-state index in [4.69, 9.17) is 10.7 Å². The van der Waals surface area contributed by atoms with Crippen LogP contribution in [0.2, 0.25) is 0 Å². The minimum atomic E-state index is -0.536. The number of anilines is 2. The lowest BCUT2D eigenvalue weighted by Crippen LogP contribution is -2.11. The molecule has 31 heavy (non-hydrogen) atoms. The summed E-state index contributed by atoms with van der Waals surface area (Å²) < 4.78 is 1.66. The summed E-state index contributed by atoms with van der Waals surface area (Å²) in [7, 11) is 0. The number of nitrogens with zero attached hydrogens (tertiary/aromatic N) is 6. The molecule has 0 spiro atoms. The lowest BCUT2D eigenvalue weighted by Gasteiger charge is -2.10. The molecule has 10 nitrogen and oxygen atoms in total. The van der Waals surface area contributed by atoms with E-state index in [-0.39, 0.29) is 11.5 Å². The summed E-state index contributed by atoms with van der Waals surface area (Å²) in [4.78, 5) is 23.5. The molecule has 0 radical (unpaired) electrons.